The summed E-state index contributed by atoms with van der Waals surface area (Å²) in [7, 11) is 0. The minimum atomic E-state index is -2.79. The van der Waals surface area contributed by atoms with Gasteiger partial charge in [0.15, 0.2) is 5.82 Å². The first kappa shape index (κ1) is 17.6. The maximum absolute atomic E-state index is 14.6. The van der Waals surface area contributed by atoms with Gasteiger partial charge >= 0.3 is 0 Å². The Bertz CT molecular complexity index is 1130. The van der Waals surface area contributed by atoms with E-state index in [9.17, 15) is 17.6 Å². The molecule has 3 aromatic heterocycles. The quantitative estimate of drug-likeness (QED) is 0.446. The lowest BCUT2D eigenvalue weighted by molar-refractivity contribution is 0.158. The van der Waals surface area contributed by atoms with Crippen LogP contribution < -0.4 is 4.90 Å². The van der Waals surface area contributed by atoms with Crippen molar-refractivity contribution >= 4 is 44.1 Å². The number of benzene rings is 1. The molecule has 0 unspecified atom stereocenters. The number of hydrogen-bond acceptors (Lipinski definition) is 5. The van der Waals surface area contributed by atoms with Gasteiger partial charge in [0.2, 0.25) is 0 Å². The van der Waals surface area contributed by atoms with E-state index in [1.807, 2.05) is 0 Å². The summed E-state index contributed by atoms with van der Waals surface area (Å²) in [5.74, 6) is -1.48. The van der Waals surface area contributed by atoms with E-state index in [1.54, 1.807) is 0 Å². The van der Waals surface area contributed by atoms with Gasteiger partial charge in [0.1, 0.15) is 18.0 Å². The maximum Gasteiger partial charge on any atom is 0.257 e. The molecule has 6 nitrogen and oxygen atoms in total. The predicted molar refractivity (Wildman–Crippen MR) is 93.2 cm³/mol. The Balaban J connectivity index is 2.05. The molecule has 0 aliphatic heterocycles. The molecule has 0 bridgehead atoms. The van der Waals surface area contributed by atoms with E-state index in [2.05, 4.69) is 36.1 Å². The number of fused-ring (bicyclic) bond motifs is 3. The molecule has 0 fully saturated rings. The lowest BCUT2D eigenvalue weighted by atomic mass is 10.2. The van der Waals surface area contributed by atoms with Crippen LogP contribution in [0.3, 0.4) is 0 Å². The van der Waals surface area contributed by atoms with Gasteiger partial charge in [-0.05, 0) is 18.2 Å². The summed E-state index contributed by atoms with van der Waals surface area (Å²) in [6, 6.07) is 3.68. The largest absolute Gasteiger partial charge is 0.320 e. The topological polar surface area (TPSA) is 59.2 Å². The van der Waals surface area contributed by atoms with Gasteiger partial charge in [0, 0.05) is 10.2 Å². The molecule has 0 spiro atoms. The van der Waals surface area contributed by atoms with Crippen LogP contribution in [0.5, 0.6) is 0 Å². The molecule has 0 atom stereocenters. The molecule has 0 aliphatic carbocycles. The normalized spacial score (nSPS) is 11.6. The summed E-state index contributed by atoms with van der Waals surface area (Å²) < 4.78 is 56.8. The van der Waals surface area contributed by atoms with Crippen molar-refractivity contribution in [2.45, 2.75) is 6.43 Å². The highest BCUT2D eigenvalue weighted by Gasteiger charge is 2.23. The lowest BCUT2D eigenvalue weighted by Crippen LogP contribution is -2.25. The molecule has 0 amide bonds. The summed E-state index contributed by atoms with van der Waals surface area (Å²) in [6.45, 7) is -0.829. The number of pyridine rings is 1. The number of hydrogen-bond donors (Lipinski definition) is 0. The van der Waals surface area contributed by atoms with E-state index in [0.29, 0.717) is 4.47 Å². The molecule has 3 heterocycles. The van der Waals surface area contributed by atoms with Crippen LogP contribution in [0.4, 0.5) is 29.1 Å². The second-order valence-corrected chi connectivity index (χ2v) is 6.50. The van der Waals surface area contributed by atoms with Crippen molar-refractivity contribution in [1.29, 1.82) is 0 Å². The fourth-order valence-electron chi connectivity index (χ4n) is 2.80. The summed E-state index contributed by atoms with van der Waals surface area (Å²) in [4.78, 5) is 9.02. The molecule has 0 N–H and O–H groups in total. The third-order valence-corrected chi connectivity index (χ3v) is 4.29. The van der Waals surface area contributed by atoms with Crippen LogP contribution in [0.2, 0.25) is 0 Å². The van der Waals surface area contributed by atoms with Gasteiger partial charge in [-0.1, -0.05) is 15.9 Å². The zero-order valence-corrected chi connectivity index (χ0v) is 14.9. The van der Waals surface area contributed by atoms with Crippen LogP contribution in [0.25, 0.3) is 16.7 Å². The first-order chi connectivity index (χ1) is 12.9. The van der Waals surface area contributed by atoms with E-state index < -0.39 is 24.6 Å². The van der Waals surface area contributed by atoms with Crippen molar-refractivity contribution in [3.8, 4) is 0 Å². The number of halogens is 5. The molecule has 4 rings (SSSR count). The van der Waals surface area contributed by atoms with Crippen molar-refractivity contribution < 1.29 is 17.6 Å². The highest BCUT2D eigenvalue weighted by atomic mass is 79.9. The zero-order chi connectivity index (χ0) is 19.1. The molecule has 1 aromatic carbocycles. The Morgan fingerprint density at radius 1 is 1.15 bits per heavy atom. The number of aromatic nitrogens is 5. The Morgan fingerprint density at radius 2 is 1.96 bits per heavy atom. The van der Waals surface area contributed by atoms with Crippen LogP contribution in [-0.2, 0) is 0 Å². The smallest absolute Gasteiger partial charge is 0.257 e. The van der Waals surface area contributed by atoms with Gasteiger partial charge in [-0.15, -0.1) is 10.2 Å². The Kier molecular flexibility index (Phi) is 4.38. The fourth-order valence-corrected chi connectivity index (χ4v) is 3.25. The van der Waals surface area contributed by atoms with E-state index in [0.717, 1.165) is 17.2 Å². The summed E-state index contributed by atoms with van der Waals surface area (Å²) in [5.41, 5.74) is 0.325. The number of alkyl halides is 2. The predicted octanol–water partition coefficient (Wildman–Crippen LogP) is 4.12. The minimum absolute atomic E-state index is 0.0571. The van der Waals surface area contributed by atoms with Crippen LogP contribution >= 0.6 is 15.9 Å². The van der Waals surface area contributed by atoms with Crippen molar-refractivity contribution in [3.05, 3.63) is 53.0 Å². The van der Waals surface area contributed by atoms with Crippen molar-refractivity contribution in [3.63, 3.8) is 0 Å². The Labute approximate surface area is 157 Å². The zero-order valence-electron chi connectivity index (χ0n) is 13.3. The Hall–Kier alpha value is -2.82. The Morgan fingerprint density at radius 3 is 2.70 bits per heavy atom. The van der Waals surface area contributed by atoms with Gasteiger partial charge in [0.05, 0.1) is 29.8 Å². The monoisotopic (exact) mass is 440 g/mol. The molecule has 11 heteroatoms. The summed E-state index contributed by atoms with van der Waals surface area (Å²) in [6.07, 6.45) is 0.822. The van der Waals surface area contributed by atoms with E-state index >= 15 is 0 Å². The van der Waals surface area contributed by atoms with Gasteiger partial charge in [0.25, 0.3) is 12.2 Å². The molecule has 4 aromatic rings. The van der Waals surface area contributed by atoms with Crippen molar-refractivity contribution in [2.75, 3.05) is 11.4 Å². The second kappa shape index (κ2) is 6.72. The van der Waals surface area contributed by atoms with Crippen LogP contribution in [0, 0.1) is 11.6 Å². The number of nitrogens with zero attached hydrogens (tertiary/aromatic N) is 6. The van der Waals surface area contributed by atoms with Gasteiger partial charge in [-0.25, -0.2) is 17.6 Å². The average Bonchev–Trinajstić information content (AvgIpc) is 3.07. The first-order valence-electron chi connectivity index (χ1n) is 7.59. The second-order valence-electron chi connectivity index (χ2n) is 5.58. The molecule has 0 saturated carbocycles. The third kappa shape index (κ3) is 3.18. The molecular weight excluding hydrogens is 432 g/mol. The molecule has 0 radical (unpaired) electrons. The molecule has 27 heavy (non-hydrogen) atoms. The SMILES string of the molecule is Fc1cc(Br)cc(N(CC(F)F)c2nc3nncn3c3cncc(F)c23)c1. The minimum Gasteiger partial charge on any atom is -0.320 e. The molecule has 138 valence electrons. The van der Waals surface area contributed by atoms with E-state index in [4.69, 9.17) is 0 Å². The van der Waals surface area contributed by atoms with Crippen molar-refractivity contribution in [2.24, 2.45) is 0 Å². The molecule has 0 aliphatic rings. The highest BCUT2D eigenvalue weighted by Crippen LogP contribution is 2.34. The van der Waals surface area contributed by atoms with Crippen molar-refractivity contribution in [1.82, 2.24) is 24.6 Å². The van der Waals surface area contributed by atoms with Gasteiger partial charge in [-0.3, -0.25) is 9.38 Å². The molecule has 0 saturated heterocycles. The van der Waals surface area contributed by atoms with Gasteiger partial charge in [-0.2, -0.15) is 4.98 Å². The van der Waals surface area contributed by atoms with Crippen LogP contribution in [0.1, 0.15) is 0 Å². The summed E-state index contributed by atoms with van der Waals surface area (Å²) in [5, 5.41) is 7.46. The van der Waals surface area contributed by atoms with E-state index in [1.165, 1.54) is 29.1 Å². The fraction of sp³-hybridized carbons (Fsp3) is 0.125. The third-order valence-electron chi connectivity index (χ3n) is 3.83. The average molecular weight is 441 g/mol. The summed E-state index contributed by atoms with van der Waals surface area (Å²) >= 11 is 3.13. The number of anilines is 2. The van der Waals surface area contributed by atoms with Crippen LogP contribution in [0.15, 0.2) is 41.4 Å². The van der Waals surface area contributed by atoms with E-state index in [-0.39, 0.29) is 28.2 Å². The van der Waals surface area contributed by atoms with Crippen LogP contribution in [-0.4, -0.2) is 37.5 Å². The van der Waals surface area contributed by atoms with Gasteiger partial charge < -0.3 is 4.90 Å². The first-order valence-corrected chi connectivity index (χ1v) is 8.38. The standard InChI is InChI=1S/C16H9BrF4N6/c17-8-1-9(18)3-10(2-8)26(6-13(20)21)15-14-11(19)4-22-5-12(14)27-7-23-25-16(27)24-15/h1-5,7,13H,6H2. The highest BCUT2D eigenvalue weighted by molar-refractivity contribution is 9.10. The maximum atomic E-state index is 14.6. The lowest BCUT2D eigenvalue weighted by Gasteiger charge is -2.25. The molecular formula is C16H9BrF4N6. The number of rotatable bonds is 4.